The summed E-state index contributed by atoms with van der Waals surface area (Å²) in [5.74, 6) is -1.26. The molecule has 0 bridgehead atoms. The molecule has 6 N–H and O–H groups in total. The van der Waals surface area contributed by atoms with Gasteiger partial charge in [0.1, 0.15) is 24.4 Å². The lowest BCUT2D eigenvalue weighted by molar-refractivity contribution is -0.305. The second-order valence-corrected chi connectivity index (χ2v) is 21.4. The molecule has 1 fully saturated rings. The van der Waals surface area contributed by atoms with Crippen LogP contribution in [-0.2, 0) is 23.8 Å². The molecule has 11 heteroatoms. The molecule has 1 aliphatic heterocycles. The van der Waals surface area contributed by atoms with E-state index >= 15 is 0 Å². The highest BCUT2D eigenvalue weighted by Gasteiger charge is 2.47. The van der Waals surface area contributed by atoms with E-state index in [0.717, 1.165) is 89.9 Å². The predicted octanol–water partition coefficient (Wildman–Crippen LogP) is 15.1. The third-order valence-electron chi connectivity index (χ3n) is 14.2. The Hall–Kier alpha value is -3.42. The van der Waals surface area contributed by atoms with Gasteiger partial charge in [-0.1, -0.05) is 246 Å². The number of hydrogen-bond donors (Lipinski definition) is 6. The first kappa shape index (κ1) is 72.6. The average molecular weight is 1090 g/mol. The lowest BCUT2D eigenvalue weighted by Gasteiger charge is -2.41. The summed E-state index contributed by atoms with van der Waals surface area (Å²) in [7, 11) is 0. The fraction of sp³-hybridized carbons (Fsp3) is 0.731. The van der Waals surface area contributed by atoms with Gasteiger partial charge in [-0.2, -0.15) is 0 Å². The minimum Gasteiger partial charge on any atom is -0.454 e. The Labute approximate surface area is 475 Å². The van der Waals surface area contributed by atoms with Crippen molar-refractivity contribution < 1.29 is 49.3 Å². The van der Waals surface area contributed by atoms with Gasteiger partial charge in [0.25, 0.3) is 0 Å². The van der Waals surface area contributed by atoms with Crippen LogP contribution in [0.5, 0.6) is 0 Å². The maximum absolute atomic E-state index is 13.4. The minimum atomic E-state index is -1.64. The van der Waals surface area contributed by atoms with E-state index < -0.39 is 67.4 Å². The van der Waals surface area contributed by atoms with Gasteiger partial charge in [0.2, 0.25) is 5.91 Å². The van der Waals surface area contributed by atoms with Crippen LogP contribution in [0.15, 0.2) is 97.2 Å². The van der Waals surface area contributed by atoms with Crippen LogP contribution in [0.1, 0.15) is 252 Å². The molecule has 11 nitrogen and oxygen atoms in total. The molecule has 0 aromatic rings. The van der Waals surface area contributed by atoms with Gasteiger partial charge in [0, 0.05) is 6.42 Å². The molecule has 1 amide bonds. The number of aliphatic hydroxyl groups is 5. The van der Waals surface area contributed by atoms with Crippen molar-refractivity contribution in [1.29, 1.82) is 0 Å². The lowest BCUT2D eigenvalue weighted by Crippen LogP contribution is -2.61. The fourth-order valence-electron chi connectivity index (χ4n) is 9.25. The first-order chi connectivity index (χ1) is 38.2. The van der Waals surface area contributed by atoms with Crippen LogP contribution >= 0.6 is 0 Å². The van der Waals surface area contributed by atoms with Crippen LogP contribution in [0.2, 0.25) is 0 Å². The molecule has 448 valence electrons. The van der Waals surface area contributed by atoms with Gasteiger partial charge in [-0.3, -0.25) is 9.59 Å². The average Bonchev–Trinajstić information content (AvgIpc) is 3.45. The zero-order chi connectivity index (χ0) is 56.8. The van der Waals surface area contributed by atoms with E-state index in [9.17, 15) is 35.1 Å². The Morgan fingerprint density at radius 3 is 1.41 bits per heavy atom. The fourth-order valence-corrected chi connectivity index (χ4v) is 9.25. The Bertz CT molecular complexity index is 1630. The van der Waals surface area contributed by atoms with Gasteiger partial charge in [-0.25, -0.2) is 0 Å². The molecule has 0 aromatic heterocycles. The van der Waals surface area contributed by atoms with Crippen molar-refractivity contribution in [1.82, 2.24) is 5.32 Å². The molecule has 78 heavy (non-hydrogen) atoms. The number of allylic oxidation sites excluding steroid dienone is 15. The number of carbonyl (C=O) groups excluding carboxylic acids is 2. The number of ether oxygens (including phenoxy) is 3. The van der Waals surface area contributed by atoms with E-state index in [1.54, 1.807) is 6.08 Å². The van der Waals surface area contributed by atoms with Crippen LogP contribution < -0.4 is 5.32 Å². The lowest BCUT2D eigenvalue weighted by atomic mass is 9.99. The first-order valence-electron chi connectivity index (χ1n) is 31.5. The summed E-state index contributed by atoms with van der Waals surface area (Å²) in [6.07, 6.45) is 61.6. The molecule has 1 aliphatic rings. The maximum Gasteiger partial charge on any atom is 0.306 e. The largest absolute Gasteiger partial charge is 0.454 e. The third kappa shape index (κ3) is 41.6. The highest BCUT2D eigenvalue weighted by Crippen LogP contribution is 2.26. The van der Waals surface area contributed by atoms with Crippen molar-refractivity contribution in [3.63, 3.8) is 0 Å². The molecule has 0 spiro atoms. The summed E-state index contributed by atoms with van der Waals surface area (Å²) in [6.45, 7) is 5.62. The van der Waals surface area contributed by atoms with Crippen molar-refractivity contribution in [2.45, 2.75) is 301 Å². The van der Waals surface area contributed by atoms with Crippen LogP contribution in [0.3, 0.4) is 0 Å². The van der Waals surface area contributed by atoms with Crippen molar-refractivity contribution in [2.75, 3.05) is 13.2 Å². The molecular weight excluding hydrogens is 979 g/mol. The summed E-state index contributed by atoms with van der Waals surface area (Å²) in [4.78, 5) is 26.5. The third-order valence-corrected chi connectivity index (χ3v) is 14.2. The quantitative estimate of drug-likeness (QED) is 0.0195. The highest BCUT2D eigenvalue weighted by atomic mass is 16.7. The smallest absolute Gasteiger partial charge is 0.306 e. The summed E-state index contributed by atoms with van der Waals surface area (Å²) >= 11 is 0. The van der Waals surface area contributed by atoms with Crippen molar-refractivity contribution in [3.8, 4) is 0 Å². The van der Waals surface area contributed by atoms with E-state index in [0.29, 0.717) is 19.3 Å². The molecule has 0 radical (unpaired) electrons. The predicted molar refractivity (Wildman–Crippen MR) is 324 cm³/mol. The van der Waals surface area contributed by atoms with Gasteiger partial charge < -0.3 is 45.1 Å². The monoisotopic (exact) mass is 1090 g/mol. The molecule has 0 aliphatic carbocycles. The Morgan fingerprint density at radius 2 is 0.923 bits per heavy atom. The van der Waals surface area contributed by atoms with Gasteiger partial charge in [0.15, 0.2) is 12.4 Å². The molecule has 1 rings (SSSR count). The molecule has 0 aromatic carbocycles. The van der Waals surface area contributed by atoms with E-state index in [2.05, 4.69) is 99.0 Å². The van der Waals surface area contributed by atoms with E-state index in [-0.39, 0.29) is 19.4 Å². The number of rotatable bonds is 52. The van der Waals surface area contributed by atoms with E-state index in [4.69, 9.17) is 14.2 Å². The first-order valence-corrected chi connectivity index (χ1v) is 31.5. The molecular formula is C67H115NO10. The number of unbranched alkanes of at least 4 members (excludes halogenated alkanes) is 24. The summed E-state index contributed by atoms with van der Waals surface area (Å²) in [5.41, 5.74) is 0. The van der Waals surface area contributed by atoms with Crippen molar-refractivity contribution in [2.24, 2.45) is 0 Å². The number of aliphatic hydroxyl groups excluding tert-OH is 5. The summed E-state index contributed by atoms with van der Waals surface area (Å²) in [5, 5.41) is 57.0. The molecule has 1 heterocycles. The zero-order valence-corrected chi connectivity index (χ0v) is 49.5. The number of nitrogens with one attached hydrogen (secondary N) is 1. The van der Waals surface area contributed by atoms with Gasteiger partial charge >= 0.3 is 5.97 Å². The second kappa shape index (κ2) is 54.2. The van der Waals surface area contributed by atoms with Gasteiger partial charge in [-0.05, 0) is 96.3 Å². The van der Waals surface area contributed by atoms with Crippen LogP contribution in [0, 0.1) is 0 Å². The highest BCUT2D eigenvalue weighted by molar-refractivity contribution is 5.80. The van der Waals surface area contributed by atoms with Crippen LogP contribution in [-0.4, -0.2) is 99.6 Å². The minimum absolute atomic E-state index is 0.0411. The van der Waals surface area contributed by atoms with Gasteiger partial charge in [0.05, 0.1) is 25.4 Å². The summed E-state index contributed by atoms with van der Waals surface area (Å²) < 4.78 is 17.6. The SMILES string of the molecule is CC/C=C\C/C=C\C/C=C\C/C=C\C/C=C\CCCC(=O)OC1C(OCC(NC(=O)C(O)CCCCCCCCCCCC/C=C\C/C=C\CCCCC)C(O)/C=C/CCCCCCCCCCCC)OC(CO)C(O)C1O. The standard InChI is InChI=1S/C67H115NO10/c1-4-7-10-13-16-19-22-25-27-29-30-31-33-34-36-39-42-45-48-51-54-60(71)66(75)68-58(59(70)53-50-47-44-41-38-24-21-18-15-12-9-6-3)57-76-67-65(64(74)63(73)61(56-69)77-67)78-62(72)55-52-49-46-43-40-37-35-32-28-26-23-20-17-14-11-8-5-2/h8,11,16-17,19-20,25-28,35,37,43,46,50,53,58-61,63-65,67,69-71,73-74H,4-7,9-10,12-15,18,21-24,29-34,36,38-42,44-45,47-49,51-52,54-57H2,1-3H3,(H,68,75)/b11-8-,19-16-,20-17-,27-25-,28-26-,37-35-,46-43-,53-50+. The summed E-state index contributed by atoms with van der Waals surface area (Å²) in [6, 6.07) is -1.04. The van der Waals surface area contributed by atoms with Crippen LogP contribution in [0.4, 0.5) is 0 Å². The van der Waals surface area contributed by atoms with E-state index in [1.807, 2.05) is 18.2 Å². The van der Waals surface area contributed by atoms with E-state index in [1.165, 1.54) is 109 Å². The zero-order valence-electron chi connectivity index (χ0n) is 49.5. The van der Waals surface area contributed by atoms with Crippen LogP contribution in [0.25, 0.3) is 0 Å². The molecule has 0 saturated carbocycles. The number of esters is 1. The Balaban J connectivity index is 2.70. The normalized spacial score (nSPS) is 19.6. The van der Waals surface area contributed by atoms with Gasteiger partial charge in [-0.15, -0.1) is 0 Å². The Kier molecular flexibility index (Phi) is 50.4. The number of carbonyl (C=O) groups is 2. The molecule has 8 atom stereocenters. The second-order valence-electron chi connectivity index (χ2n) is 21.4. The molecule has 1 saturated heterocycles. The molecule has 8 unspecified atom stereocenters. The number of amides is 1. The van der Waals surface area contributed by atoms with Crippen molar-refractivity contribution >= 4 is 11.9 Å². The maximum atomic E-state index is 13.4. The number of hydrogen-bond acceptors (Lipinski definition) is 10. The topological polar surface area (TPSA) is 175 Å². The van der Waals surface area contributed by atoms with Crippen molar-refractivity contribution in [3.05, 3.63) is 97.2 Å². The Morgan fingerprint density at radius 1 is 0.513 bits per heavy atom.